The van der Waals surface area contributed by atoms with Crippen LogP contribution in [0.4, 0.5) is 0 Å². The Morgan fingerprint density at radius 1 is 1.16 bits per heavy atom. The Morgan fingerprint density at radius 2 is 1.94 bits per heavy atom. The van der Waals surface area contributed by atoms with Gasteiger partial charge in [-0.2, -0.15) is 0 Å². The van der Waals surface area contributed by atoms with Gasteiger partial charge in [-0.15, -0.1) is 15.1 Å². The van der Waals surface area contributed by atoms with Crippen molar-refractivity contribution in [2.45, 2.75) is 12.7 Å². The average Bonchev–Trinajstić information content (AvgIpc) is 3.31. The number of hydrogen-bond donors (Lipinski definition) is 0. The summed E-state index contributed by atoms with van der Waals surface area (Å²) in [5.74, 6) is 0. The molecular formula is C20H15Cl3N3O5+. The maximum Gasteiger partial charge on any atom is 0.340 e. The summed E-state index contributed by atoms with van der Waals surface area (Å²) in [5.41, 5.74) is 2.01. The van der Waals surface area contributed by atoms with Crippen molar-refractivity contribution in [2.24, 2.45) is 4.99 Å². The molecule has 2 aromatic carbocycles. The fourth-order valence-electron chi connectivity index (χ4n) is 3.28. The van der Waals surface area contributed by atoms with Gasteiger partial charge in [-0.1, -0.05) is 45.5 Å². The van der Waals surface area contributed by atoms with E-state index in [1.165, 1.54) is 18.7 Å². The highest BCUT2D eigenvalue weighted by Gasteiger charge is 2.38. The van der Waals surface area contributed by atoms with E-state index < -0.39 is 15.8 Å². The molecule has 160 valence electrons. The molecule has 2 atom stereocenters. The molecule has 8 nitrogen and oxygen atoms in total. The van der Waals surface area contributed by atoms with E-state index >= 15 is 0 Å². The molecule has 0 radical (unpaired) electrons. The van der Waals surface area contributed by atoms with Crippen molar-refractivity contribution in [3.63, 3.8) is 0 Å². The van der Waals surface area contributed by atoms with Crippen LogP contribution in [0.2, 0.25) is 15.1 Å². The summed E-state index contributed by atoms with van der Waals surface area (Å²) in [6.45, 7) is 0.154. The molecule has 0 bridgehead atoms. The fraction of sp³-hybridized carbons (Fsp3) is 0.150. The van der Waals surface area contributed by atoms with Gasteiger partial charge >= 0.3 is 5.09 Å². The van der Waals surface area contributed by atoms with Crippen LogP contribution in [0.25, 0.3) is 11.0 Å². The Hall–Kier alpha value is -2.62. The minimum absolute atomic E-state index is 0.00391. The summed E-state index contributed by atoms with van der Waals surface area (Å²) in [6, 6.07) is 10.3. The molecular weight excluding hydrogens is 469 g/mol. The zero-order valence-electron chi connectivity index (χ0n) is 15.8. The summed E-state index contributed by atoms with van der Waals surface area (Å²) in [7, 11) is 0. The lowest BCUT2D eigenvalue weighted by molar-refractivity contribution is -1.16. The van der Waals surface area contributed by atoms with Crippen LogP contribution in [0, 0.1) is 10.1 Å². The van der Waals surface area contributed by atoms with E-state index in [0.29, 0.717) is 26.2 Å². The molecule has 0 saturated carbocycles. The molecule has 0 aliphatic carbocycles. The van der Waals surface area contributed by atoms with Crippen molar-refractivity contribution in [2.75, 3.05) is 6.54 Å². The van der Waals surface area contributed by atoms with Gasteiger partial charge in [-0.3, -0.25) is 0 Å². The number of hydroxylamine groups is 3. The van der Waals surface area contributed by atoms with Gasteiger partial charge in [0.05, 0.1) is 19.1 Å². The van der Waals surface area contributed by atoms with E-state index in [0.717, 1.165) is 10.9 Å². The standard InChI is InChI=1S/C20H15Cl3N3O5/c21-14-2-4-17(18(23)7-14)20(9-26(31-25(27)28)6-5-24-12-26)30-11-13-10-29-19-8-15(22)1-3-16(13)19/h1-8,10,12,20H,9,11H2/q+1. The van der Waals surface area contributed by atoms with Crippen molar-refractivity contribution in [3.05, 3.63) is 91.4 Å². The van der Waals surface area contributed by atoms with E-state index in [4.69, 9.17) is 48.9 Å². The second kappa shape index (κ2) is 8.86. The van der Waals surface area contributed by atoms with Crippen LogP contribution in [0.1, 0.15) is 17.2 Å². The number of ether oxygens (including phenoxy) is 1. The first kappa shape index (κ1) is 21.6. The number of benzene rings is 2. The maximum absolute atomic E-state index is 11.1. The molecule has 0 saturated heterocycles. The lowest BCUT2D eigenvalue weighted by Crippen LogP contribution is -2.45. The van der Waals surface area contributed by atoms with E-state index in [2.05, 4.69) is 4.99 Å². The summed E-state index contributed by atoms with van der Waals surface area (Å²) in [6.07, 6.45) is 5.04. The first-order valence-corrected chi connectivity index (χ1v) is 10.1. The van der Waals surface area contributed by atoms with Crippen molar-refractivity contribution in [1.29, 1.82) is 0 Å². The number of halogens is 3. The van der Waals surface area contributed by atoms with Gasteiger partial charge in [0.1, 0.15) is 11.7 Å². The van der Waals surface area contributed by atoms with Crippen molar-refractivity contribution >= 4 is 52.1 Å². The summed E-state index contributed by atoms with van der Waals surface area (Å²) < 4.78 is 11.1. The first-order valence-electron chi connectivity index (χ1n) is 9.01. The smallest absolute Gasteiger partial charge is 0.340 e. The molecule has 0 amide bonds. The van der Waals surface area contributed by atoms with E-state index in [1.807, 2.05) is 6.07 Å². The van der Waals surface area contributed by atoms with Crippen LogP contribution < -0.4 is 0 Å². The molecule has 11 heteroatoms. The van der Waals surface area contributed by atoms with Crippen LogP contribution in [0.3, 0.4) is 0 Å². The molecule has 0 fully saturated rings. The van der Waals surface area contributed by atoms with Gasteiger partial charge in [0.25, 0.3) is 0 Å². The van der Waals surface area contributed by atoms with E-state index in [1.54, 1.807) is 36.6 Å². The number of nitrogens with zero attached hydrogens (tertiary/aromatic N) is 3. The Bertz CT molecular complexity index is 1180. The highest BCUT2D eigenvalue weighted by molar-refractivity contribution is 6.35. The van der Waals surface area contributed by atoms with Gasteiger partial charge < -0.3 is 9.15 Å². The summed E-state index contributed by atoms with van der Waals surface area (Å²) in [4.78, 5) is 19.9. The molecule has 0 N–H and O–H groups in total. The zero-order chi connectivity index (χ0) is 22.0. The molecule has 31 heavy (non-hydrogen) atoms. The molecule has 2 heterocycles. The van der Waals surface area contributed by atoms with Gasteiger partial charge in [0, 0.05) is 31.6 Å². The molecule has 0 spiro atoms. The quantitative estimate of drug-likeness (QED) is 0.219. The van der Waals surface area contributed by atoms with Crippen molar-refractivity contribution in [3.8, 4) is 0 Å². The van der Waals surface area contributed by atoms with Crippen molar-refractivity contribution < 1.29 is 23.8 Å². The molecule has 4 rings (SSSR count). The number of furan rings is 1. The number of rotatable bonds is 8. The van der Waals surface area contributed by atoms with Crippen molar-refractivity contribution in [1.82, 2.24) is 0 Å². The summed E-state index contributed by atoms with van der Waals surface area (Å²) in [5, 5.41) is 12.4. The van der Waals surface area contributed by atoms with Gasteiger partial charge in [-0.25, -0.2) is 4.99 Å². The SMILES string of the molecule is O=[N+]([O-])O[N+]1(CC(OCc2coc3cc(Cl)ccc23)c2ccc(Cl)cc2Cl)C=CN=C1. The fourth-order valence-corrected chi connectivity index (χ4v) is 3.97. The predicted molar refractivity (Wildman–Crippen MR) is 116 cm³/mol. The lowest BCUT2D eigenvalue weighted by atomic mass is 10.1. The van der Waals surface area contributed by atoms with Gasteiger partial charge in [0.15, 0.2) is 12.7 Å². The number of quaternary nitrogens is 1. The second-order valence-corrected chi connectivity index (χ2v) is 8.05. The predicted octanol–water partition coefficient (Wildman–Crippen LogP) is 6.10. The van der Waals surface area contributed by atoms with E-state index in [9.17, 15) is 10.1 Å². The van der Waals surface area contributed by atoms with Gasteiger partial charge in [-0.05, 0) is 30.3 Å². The molecule has 1 aliphatic heterocycles. The van der Waals surface area contributed by atoms with Crippen LogP contribution in [0.5, 0.6) is 0 Å². The number of fused-ring (bicyclic) bond motifs is 1. The molecule has 1 aromatic heterocycles. The van der Waals surface area contributed by atoms with Gasteiger partial charge in [0.2, 0.25) is 6.34 Å². The maximum atomic E-state index is 11.1. The largest absolute Gasteiger partial charge is 0.464 e. The topological polar surface area (TPSA) is 87.1 Å². The molecule has 1 aliphatic rings. The first-order chi connectivity index (χ1) is 14.8. The average molecular weight is 484 g/mol. The number of aliphatic imine (C=N–C) groups is 1. The van der Waals surface area contributed by atoms with Crippen LogP contribution >= 0.6 is 34.8 Å². The van der Waals surface area contributed by atoms with E-state index in [-0.39, 0.29) is 13.2 Å². The number of hydrogen-bond acceptors (Lipinski definition) is 6. The van der Waals surface area contributed by atoms with Crippen LogP contribution in [0.15, 0.2) is 64.5 Å². The normalized spacial score (nSPS) is 18.5. The Kier molecular flexibility index (Phi) is 6.17. The van der Waals surface area contributed by atoms with Crippen LogP contribution in [-0.2, 0) is 16.3 Å². The third-order valence-corrected chi connectivity index (χ3v) is 5.50. The Morgan fingerprint density at radius 3 is 2.65 bits per heavy atom. The second-order valence-electron chi connectivity index (χ2n) is 6.77. The molecule has 3 aromatic rings. The summed E-state index contributed by atoms with van der Waals surface area (Å²) >= 11 is 18.4. The Balaban J connectivity index is 1.64. The zero-order valence-corrected chi connectivity index (χ0v) is 18.0. The highest BCUT2D eigenvalue weighted by atomic mass is 35.5. The monoisotopic (exact) mass is 482 g/mol. The highest BCUT2D eigenvalue weighted by Crippen LogP contribution is 2.33. The third-order valence-electron chi connectivity index (χ3n) is 4.70. The van der Waals surface area contributed by atoms with Crippen LogP contribution in [-0.4, -0.2) is 22.6 Å². The lowest BCUT2D eigenvalue weighted by Gasteiger charge is -2.27. The molecule has 2 unspecified atom stereocenters. The minimum Gasteiger partial charge on any atom is -0.464 e. The Labute approximate surface area is 191 Å². The third kappa shape index (κ3) is 4.84. The minimum atomic E-state index is -0.879.